The Labute approximate surface area is 157 Å². The minimum atomic E-state index is -0.261. The molecule has 4 rings (SSSR count). The molecule has 0 aliphatic carbocycles. The van der Waals surface area contributed by atoms with Crippen molar-refractivity contribution in [3.05, 3.63) is 47.2 Å². The Morgan fingerprint density at radius 1 is 1.04 bits per heavy atom. The van der Waals surface area contributed by atoms with Gasteiger partial charge in [-0.25, -0.2) is 9.37 Å². The van der Waals surface area contributed by atoms with E-state index >= 15 is 0 Å². The van der Waals surface area contributed by atoms with Gasteiger partial charge in [0.05, 0.1) is 22.9 Å². The van der Waals surface area contributed by atoms with Gasteiger partial charge in [-0.15, -0.1) is 0 Å². The molecule has 4 nitrogen and oxygen atoms in total. The molecule has 1 aromatic heterocycles. The van der Waals surface area contributed by atoms with Crippen molar-refractivity contribution in [1.29, 1.82) is 0 Å². The van der Waals surface area contributed by atoms with Crippen LogP contribution < -0.4 is 5.32 Å². The van der Waals surface area contributed by atoms with E-state index < -0.39 is 0 Å². The molecule has 1 aliphatic heterocycles. The highest BCUT2D eigenvalue weighted by Gasteiger charge is 2.20. The molecule has 26 heavy (non-hydrogen) atoms. The number of hydrogen-bond acceptors (Lipinski definition) is 4. The summed E-state index contributed by atoms with van der Waals surface area (Å²) in [5.74, 6) is -0.261. The van der Waals surface area contributed by atoms with Gasteiger partial charge in [0.1, 0.15) is 5.82 Å². The third-order valence-corrected chi connectivity index (χ3v) is 5.37. The van der Waals surface area contributed by atoms with Crippen LogP contribution in [-0.2, 0) is 0 Å². The normalized spacial score (nSPS) is 17.7. The molecule has 0 bridgehead atoms. The summed E-state index contributed by atoms with van der Waals surface area (Å²) in [5, 5.41) is 6.00. The van der Waals surface area contributed by atoms with E-state index in [4.69, 9.17) is 11.6 Å². The zero-order valence-corrected chi connectivity index (χ0v) is 15.7. The second kappa shape index (κ2) is 6.99. The zero-order valence-electron chi connectivity index (χ0n) is 15.0. The van der Waals surface area contributed by atoms with Gasteiger partial charge in [0.25, 0.3) is 0 Å². The molecule has 1 fully saturated rings. The summed E-state index contributed by atoms with van der Waals surface area (Å²) in [6, 6.07) is 10.4. The number of aromatic nitrogens is 1. The summed E-state index contributed by atoms with van der Waals surface area (Å²) < 4.78 is 13.9. The van der Waals surface area contributed by atoms with Gasteiger partial charge in [-0.05, 0) is 50.4 Å². The van der Waals surface area contributed by atoms with E-state index in [9.17, 15) is 4.39 Å². The van der Waals surface area contributed by atoms with Crippen molar-refractivity contribution in [2.75, 3.05) is 38.5 Å². The van der Waals surface area contributed by atoms with E-state index in [-0.39, 0.29) is 12.0 Å². The first kappa shape index (κ1) is 17.5. The topological polar surface area (TPSA) is 31.4 Å². The van der Waals surface area contributed by atoms with Crippen LogP contribution in [0.2, 0.25) is 5.02 Å². The molecule has 2 aromatic carbocycles. The number of anilines is 1. The lowest BCUT2D eigenvalue weighted by molar-refractivity contribution is 0.129. The van der Waals surface area contributed by atoms with E-state index in [2.05, 4.69) is 34.1 Å². The van der Waals surface area contributed by atoms with Crippen molar-refractivity contribution in [3.8, 4) is 0 Å². The number of rotatable bonds is 3. The Morgan fingerprint density at radius 2 is 1.81 bits per heavy atom. The molecule has 0 amide bonds. The number of piperazine rings is 1. The summed E-state index contributed by atoms with van der Waals surface area (Å²) in [7, 11) is 2.14. The highest BCUT2D eigenvalue weighted by atomic mass is 35.5. The van der Waals surface area contributed by atoms with Crippen molar-refractivity contribution >= 4 is 39.1 Å². The lowest BCUT2D eigenvalue weighted by atomic mass is 10.1. The van der Waals surface area contributed by atoms with Gasteiger partial charge < -0.3 is 10.2 Å². The monoisotopic (exact) mass is 372 g/mol. The second-order valence-electron chi connectivity index (χ2n) is 6.97. The van der Waals surface area contributed by atoms with E-state index in [1.54, 1.807) is 12.1 Å². The average molecular weight is 373 g/mol. The highest BCUT2D eigenvalue weighted by Crippen LogP contribution is 2.33. The van der Waals surface area contributed by atoms with Gasteiger partial charge >= 0.3 is 0 Å². The molecule has 1 unspecified atom stereocenters. The third kappa shape index (κ3) is 3.34. The van der Waals surface area contributed by atoms with Crippen molar-refractivity contribution in [2.45, 2.75) is 13.1 Å². The fourth-order valence-corrected chi connectivity index (χ4v) is 3.72. The molecule has 3 aromatic rings. The molecule has 136 valence electrons. The number of pyridine rings is 1. The van der Waals surface area contributed by atoms with Crippen LogP contribution in [0.5, 0.6) is 0 Å². The van der Waals surface area contributed by atoms with Crippen LogP contribution in [0.4, 0.5) is 10.1 Å². The first-order valence-electron chi connectivity index (χ1n) is 8.89. The SMILES string of the molecule is CC(Nc1c2ccc(Cl)cc2nc2ccc(F)cc12)N1CCN(C)CC1. The molecule has 0 spiro atoms. The number of likely N-dealkylation sites (N-methyl/N-ethyl adjacent to an activating group) is 1. The summed E-state index contributed by atoms with van der Waals surface area (Å²) >= 11 is 6.16. The quantitative estimate of drug-likeness (QED) is 0.699. The second-order valence-corrected chi connectivity index (χ2v) is 7.41. The predicted octanol–water partition coefficient (Wildman–Crippen LogP) is 4.19. The highest BCUT2D eigenvalue weighted by molar-refractivity contribution is 6.31. The van der Waals surface area contributed by atoms with Crippen LogP contribution in [0.3, 0.4) is 0 Å². The summed E-state index contributed by atoms with van der Waals surface area (Å²) in [5.41, 5.74) is 2.48. The van der Waals surface area contributed by atoms with Crippen LogP contribution in [0.25, 0.3) is 21.8 Å². The van der Waals surface area contributed by atoms with Crippen LogP contribution in [-0.4, -0.2) is 54.2 Å². The van der Waals surface area contributed by atoms with Gasteiger partial charge in [-0.3, -0.25) is 4.90 Å². The molecule has 1 atom stereocenters. The summed E-state index contributed by atoms with van der Waals surface area (Å²) in [6.45, 7) is 6.26. The maximum atomic E-state index is 13.9. The smallest absolute Gasteiger partial charge is 0.124 e. The van der Waals surface area contributed by atoms with E-state index in [0.717, 1.165) is 53.7 Å². The van der Waals surface area contributed by atoms with Crippen molar-refractivity contribution in [3.63, 3.8) is 0 Å². The van der Waals surface area contributed by atoms with Gasteiger partial charge in [0.2, 0.25) is 0 Å². The van der Waals surface area contributed by atoms with Gasteiger partial charge in [-0.1, -0.05) is 11.6 Å². The van der Waals surface area contributed by atoms with Crippen molar-refractivity contribution in [1.82, 2.24) is 14.8 Å². The maximum Gasteiger partial charge on any atom is 0.124 e. The standard InChI is InChI=1S/C20H22ClFN4/c1-13(26-9-7-25(2)8-10-26)23-20-16-5-3-14(21)11-19(16)24-18-6-4-15(22)12-17(18)20/h3-6,11-13H,7-10H2,1-2H3,(H,23,24). The first-order chi connectivity index (χ1) is 12.5. The van der Waals surface area contributed by atoms with Gasteiger partial charge in [0, 0.05) is 42.0 Å². The summed E-state index contributed by atoms with van der Waals surface area (Å²) in [4.78, 5) is 9.40. The molecule has 0 saturated carbocycles. The van der Waals surface area contributed by atoms with Crippen LogP contribution in [0.1, 0.15) is 6.92 Å². The van der Waals surface area contributed by atoms with E-state index in [1.165, 1.54) is 6.07 Å². The molecule has 2 heterocycles. The number of halogens is 2. The first-order valence-corrected chi connectivity index (χ1v) is 9.27. The van der Waals surface area contributed by atoms with Crippen molar-refractivity contribution < 1.29 is 4.39 Å². The predicted molar refractivity (Wildman–Crippen MR) is 106 cm³/mol. The fraction of sp³-hybridized carbons (Fsp3) is 0.350. The number of nitrogens with zero attached hydrogens (tertiary/aromatic N) is 3. The molecule has 6 heteroatoms. The number of hydrogen-bond donors (Lipinski definition) is 1. The number of fused-ring (bicyclic) bond motifs is 2. The van der Waals surface area contributed by atoms with E-state index in [0.29, 0.717) is 5.02 Å². The summed E-state index contributed by atoms with van der Waals surface area (Å²) in [6.07, 6.45) is 0.136. The molecule has 1 saturated heterocycles. The Morgan fingerprint density at radius 3 is 2.58 bits per heavy atom. The Hall–Kier alpha value is -1.95. The van der Waals surface area contributed by atoms with Crippen LogP contribution in [0, 0.1) is 5.82 Å². The van der Waals surface area contributed by atoms with Gasteiger partial charge in [0.15, 0.2) is 0 Å². The Balaban J connectivity index is 1.79. The zero-order chi connectivity index (χ0) is 18.3. The lowest BCUT2D eigenvalue weighted by Gasteiger charge is -2.37. The largest absolute Gasteiger partial charge is 0.369 e. The minimum Gasteiger partial charge on any atom is -0.369 e. The third-order valence-electron chi connectivity index (χ3n) is 5.14. The van der Waals surface area contributed by atoms with Crippen LogP contribution in [0.15, 0.2) is 36.4 Å². The molecule has 0 radical (unpaired) electrons. The average Bonchev–Trinajstić information content (AvgIpc) is 2.62. The lowest BCUT2D eigenvalue weighted by Crippen LogP contribution is -2.50. The van der Waals surface area contributed by atoms with Crippen molar-refractivity contribution in [2.24, 2.45) is 0 Å². The molecule has 1 aliphatic rings. The van der Waals surface area contributed by atoms with Crippen LogP contribution >= 0.6 is 11.6 Å². The van der Waals surface area contributed by atoms with E-state index in [1.807, 2.05) is 18.2 Å². The molecular formula is C20H22ClFN4. The van der Waals surface area contributed by atoms with Gasteiger partial charge in [-0.2, -0.15) is 0 Å². The Bertz CT molecular complexity index is 953. The molecule has 1 N–H and O–H groups in total. The fourth-order valence-electron chi connectivity index (χ4n) is 3.55. The minimum absolute atomic E-state index is 0.136. The number of nitrogens with one attached hydrogen (secondary N) is 1. The molecular weight excluding hydrogens is 351 g/mol. The maximum absolute atomic E-state index is 13.9. The number of benzene rings is 2. The Kier molecular flexibility index (Phi) is 4.69.